The van der Waals surface area contributed by atoms with Gasteiger partial charge in [0, 0.05) is 6.04 Å². The van der Waals surface area contributed by atoms with Gasteiger partial charge in [0.15, 0.2) is 0 Å². The molecule has 0 radical (unpaired) electrons. The van der Waals surface area contributed by atoms with Gasteiger partial charge in [-0.1, -0.05) is 0 Å². The zero-order valence-electron chi connectivity index (χ0n) is 8.34. The Balaban J connectivity index is 1.98. The normalized spacial score (nSPS) is 14.9. The van der Waals surface area contributed by atoms with Crippen LogP contribution < -0.4 is 10.6 Å². The second-order valence-corrected chi connectivity index (χ2v) is 3.24. The van der Waals surface area contributed by atoms with Crippen LogP contribution in [0.4, 0.5) is 0 Å². The third kappa shape index (κ3) is 4.81. The highest BCUT2D eigenvalue weighted by molar-refractivity contribution is 5.83. The monoisotopic (exact) mass is 200 g/mol. The van der Waals surface area contributed by atoms with E-state index in [-0.39, 0.29) is 19.0 Å². The van der Waals surface area contributed by atoms with E-state index in [0.717, 1.165) is 12.8 Å². The minimum absolute atomic E-state index is 0.0426. The smallest absolute Gasteiger partial charge is 0.325 e. The van der Waals surface area contributed by atoms with Crippen LogP contribution in [0.5, 0.6) is 0 Å². The molecule has 0 saturated heterocycles. The quantitative estimate of drug-likeness (QED) is 0.563. The van der Waals surface area contributed by atoms with Crippen molar-refractivity contribution in [1.82, 2.24) is 10.6 Å². The lowest BCUT2D eigenvalue weighted by Crippen LogP contribution is -2.37. The number of esters is 1. The number of carbonyl (C=O) groups is 2. The molecule has 14 heavy (non-hydrogen) atoms. The highest BCUT2D eigenvalue weighted by Gasteiger charge is 2.21. The van der Waals surface area contributed by atoms with Gasteiger partial charge >= 0.3 is 5.97 Å². The van der Waals surface area contributed by atoms with Crippen LogP contribution in [-0.4, -0.2) is 37.6 Å². The second-order valence-electron chi connectivity index (χ2n) is 3.24. The van der Waals surface area contributed by atoms with Crippen molar-refractivity contribution in [2.45, 2.75) is 25.8 Å². The molecule has 1 aliphatic carbocycles. The van der Waals surface area contributed by atoms with Gasteiger partial charge in [0.1, 0.15) is 6.54 Å². The topological polar surface area (TPSA) is 67.4 Å². The zero-order valence-corrected chi connectivity index (χ0v) is 8.34. The first-order valence-corrected chi connectivity index (χ1v) is 4.88. The van der Waals surface area contributed by atoms with Crippen LogP contribution in [0.3, 0.4) is 0 Å². The largest absolute Gasteiger partial charge is 0.465 e. The molecule has 0 unspecified atom stereocenters. The number of nitrogens with one attached hydrogen (secondary N) is 2. The first-order chi connectivity index (χ1) is 6.72. The van der Waals surface area contributed by atoms with Crippen LogP contribution in [0.2, 0.25) is 0 Å². The number of hydrogen-bond donors (Lipinski definition) is 2. The van der Waals surface area contributed by atoms with Gasteiger partial charge in [0.2, 0.25) is 5.91 Å². The van der Waals surface area contributed by atoms with Crippen LogP contribution >= 0.6 is 0 Å². The lowest BCUT2D eigenvalue weighted by molar-refractivity contribution is -0.143. The van der Waals surface area contributed by atoms with Crippen LogP contribution in [0.25, 0.3) is 0 Å². The summed E-state index contributed by atoms with van der Waals surface area (Å²) in [7, 11) is 0. The molecule has 1 saturated carbocycles. The van der Waals surface area contributed by atoms with Crippen molar-refractivity contribution in [1.29, 1.82) is 0 Å². The maximum atomic E-state index is 11.1. The van der Waals surface area contributed by atoms with E-state index in [4.69, 9.17) is 0 Å². The van der Waals surface area contributed by atoms with Gasteiger partial charge in [-0.05, 0) is 19.8 Å². The van der Waals surface area contributed by atoms with Gasteiger partial charge < -0.3 is 15.4 Å². The molecule has 0 atom stereocenters. The molecule has 1 rings (SSSR count). The highest BCUT2D eigenvalue weighted by atomic mass is 16.5. The number of carbonyl (C=O) groups excluding carboxylic acids is 2. The molecule has 0 aromatic rings. The summed E-state index contributed by atoms with van der Waals surface area (Å²) in [6.07, 6.45) is 2.29. The summed E-state index contributed by atoms with van der Waals surface area (Å²) < 4.78 is 4.66. The van der Waals surface area contributed by atoms with Crippen molar-refractivity contribution in [3.63, 3.8) is 0 Å². The summed E-state index contributed by atoms with van der Waals surface area (Å²) >= 11 is 0. The van der Waals surface area contributed by atoms with Gasteiger partial charge in [-0.25, -0.2) is 0 Å². The summed E-state index contributed by atoms with van der Waals surface area (Å²) in [5, 5.41) is 5.52. The van der Waals surface area contributed by atoms with E-state index in [1.807, 2.05) is 0 Å². The van der Waals surface area contributed by atoms with Crippen LogP contribution in [0, 0.1) is 0 Å². The first kappa shape index (κ1) is 11.0. The summed E-state index contributed by atoms with van der Waals surface area (Å²) in [5.41, 5.74) is 0. The maximum absolute atomic E-state index is 11.1. The lowest BCUT2D eigenvalue weighted by atomic mass is 10.5. The Labute approximate surface area is 83.2 Å². The van der Waals surface area contributed by atoms with E-state index in [1.165, 1.54) is 0 Å². The van der Waals surface area contributed by atoms with Gasteiger partial charge in [0.05, 0.1) is 13.2 Å². The van der Waals surface area contributed by atoms with E-state index >= 15 is 0 Å². The van der Waals surface area contributed by atoms with E-state index in [0.29, 0.717) is 12.6 Å². The molecular formula is C9H16N2O3. The third-order valence-electron chi connectivity index (χ3n) is 1.86. The Bertz CT molecular complexity index is 214. The highest BCUT2D eigenvalue weighted by Crippen LogP contribution is 2.17. The van der Waals surface area contributed by atoms with Crippen molar-refractivity contribution in [3.05, 3.63) is 0 Å². The molecular weight excluding hydrogens is 184 g/mol. The Morgan fingerprint density at radius 3 is 2.64 bits per heavy atom. The van der Waals surface area contributed by atoms with Crippen molar-refractivity contribution < 1.29 is 14.3 Å². The summed E-state index contributed by atoms with van der Waals surface area (Å²) in [5.74, 6) is -0.558. The SMILES string of the molecule is CCOC(=O)CNC(=O)CNC1CC1. The minimum atomic E-state index is -0.396. The molecule has 1 aliphatic rings. The fraction of sp³-hybridized carbons (Fsp3) is 0.778. The number of ether oxygens (including phenoxy) is 1. The molecule has 0 aromatic heterocycles. The Hall–Kier alpha value is -1.10. The maximum Gasteiger partial charge on any atom is 0.325 e. The minimum Gasteiger partial charge on any atom is -0.465 e. The van der Waals surface area contributed by atoms with Crippen LogP contribution in [-0.2, 0) is 14.3 Å². The van der Waals surface area contributed by atoms with Crippen molar-refractivity contribution >= 4 is 11.9 Å². The fourth-order valence-electron chi connectivity index (χ4n) is 0.970. The first-order valence-electron chi connectivity index (χ1n) is 4.88. The van der Waals surface area contributed by atoms with E-state index in [9.17, 15) is 9.59 Å². The lowest BCUT2D eigenvalue weighted by Gasteiger charge is -2.05. The summed E-state index contributed by atoms with van der Waals surface area (Å²) in [4.78, 5) is 21.9. The molecule has 0 heterocycles. The molecule has 5 nitrogen and oxygen atoms in total. The van der Waals surface area contributed by atoms with Crippen LogP contribution in [0.1, 0.15) is 19.8 Å². The van der Waals surface area contributed by atoms with Crippen molar-refractivity contribution in [2.75, 3.05) is 19.7 Å². The van der Waals surface area contributed by atoms with Gasteiger partial charge in [0.25, 0.3) is 0 Å². The Morgan fingerprint density at radius 1 is 1.36 bits per heavy atom. The summed E-state index contributed by atoms with van der Waals surface area (Å²) in [6.45, 7) is 2.31. The van der Waals surface area contributed by atoms with Crippen molar-refractivity contribution in [3.8, 4) is 0 Å². The standard InChI is InChI=1S/C9H16N2O3/c1-2-14-9(13)6-11-8(12)5-10-7-3-4-7/h7,10H,2-6H2,1H3,(H,11,12). The zero-order chi connectivity index (χ0) is 10.4. The van der Waals surface area contributed by atoms with Gasteiger partial charge in [-0.2, -0.15) is 0 Å². The molecule has 0 bridgehead atoms. The van der Waals surface area contributed by atoms with E-state index < -0.39 is 5.97 Å². The number of amides is 1. The van der Waals surface area contributed by atoms with E-state index in [2.05, 4.69) is 15.4 Å². The average Bonchev–Trinajstić information content (AvgIpc) is 2.95. The summed E-state index contributed by atoms with van der Waals surface area (Å²) in [6, 6.07) is 0.503. The molecule has 0 aliphatic heterocycles. The van der Waals surface area contributed by atoms with E-state index in [1.54, 1.807) is 6.92 Å². The molecule has 1 fully saturated rings. The van der Waals surface area contributed by atoms with Gasteiger partial charge in [-0.15, -0.1) is 0 Å². The predicted molar refractivity (Wildman–Crippen MR) is 50.7 cm³/mol. The second kappa shape index (κ2) is 5.59. The molecule has 0 spiro atoms. The Morgan fingerprint density at radius 2 is 2.07 bits per heavy atom. The number of hydrogen-bond acceptors (Lipinski definition) is 4. The Kier molecular flexibility index (Phi) is 4.39. The fourth-order valence-corrected chi connectivity index (χ4v) is 0.970. The predicted octanol–water partition coefficient (Wildman–Crippen LogP) is -0.582. The molecule has 1 amide bonds. The third-order valence-corrected chi connectivity index (χ3v) is 1.86. The van der Waals surface area contributed by atoms with Crippen LogP contribution in [0.15, 0.2) is 0 Å². The van der Waals surface area contributed by atoms with Gasteiger partial charge in [-0.3, -0.25) is 9.59 Å². The molecule has 5 heteroatoms. The average molecular weight is 200 g/mol. The molecule has 2 N–H and O–H groups in total. The molecule has 0 aromatic carbocycles. The number of rotatable bonds is 6. The van der Waals surface area contributed by atoms with Crippen molar-refractivity contribution in [2.24, 2.45) is 0 Å². The molecule has 80 valence electrons.